The maximum Gasteiger partial charge on any atom is 0.119 e. The number of nitrogens with one attached hydrogen (secondary N) is 1. The van der Waals surface area contributed by atoms with E-state index >= 15 is 0 Å². The Kier molecular flexibility index (Phi) is 5.90. The lowest BCUT2D eigenvalue weighted by molar-refractivity contribution is 0.311. The van der Waals surface area contributed by atoms with Crippen LogP contribution in [0.15, 0.2) is 84.9 Å². The van der Waals surface area contributed by atoms with Crippen molar-refractivity contribution in [3.63, 3.8) is 0 Å². The first-order chi connectivity index (χ1) is 11.9. The van der Waals surface area contributed by atoms with Crippen LogP contribution < -0.4 is 10.1 Å². The van der Waals surface area contributed by atoms with E-state index in [1.165, 1.54) is 11.1 Å². The van der Waals surface area contributed by atoms with Gasteiger partial charge in [-0.3, -0.25) is 0 Å². The molecule has 2 heteroatoms. The van der Waals surface area contributed by atoms with Crippen LogP contribution in [-0.4, -0.2) is 6.61 Å². The van der Waals surface area contributed by atoms with Crippen LogP contribution in [0.2, 0.25) is 0 Å². The summed E-state index contributed by atoms with van der Waals surface area (Å²) < 4.78 is 5.82. The van der Waals surface area contributed by atoms with Gasteiger partial charge in [-0.15, -0.1) is 0 Å². The molecule has 2 nitrogen and oxygen atoms in total. The minimum Gasteiger partial charge on any atom is -0.494 e. The Morgan fingerprint density at radius 2 is 1.29 bits per heavy atom. The third-order valence-electron chi connectivity index (χ3n) is 3.92. The van der Waals surface area contributed by atoms with Gasteiger partial charge >= 0.3 is 0 Å². The average molecular weight is 317 g/mol. The van der Waals surface area contributed by atoms with Gasteiger partial charge in [0.15, 0.2) is 0 Å². The highest BCUT2D eigenvalue weighted by atomic mass is 16.5. The van der Waals surface area contributed by atoms with E-state index in [0.717, 1.165) is 37.4 Å². The first kappa shape index (κ1) is 16.1. The molecule has 0 heterocycles. The van der Waals surface area contributed by atoms with Gasteiger partial charge in [-0.1, -0.05) is 60.7 Å². The summed E-state index contributed by atoms with van der Waals surface area (Å²) in [4.78, 5) is 0. The van der Waals surface area contributed by atoms with E-state index < -0.39 is 0 Å². The summed E-state index contributed by atoms with van der Waals surface area (Å²) in [6.45, 7) is 1.57. The van der Waals surface area contributed by atoms with Crippen molar-refractivity contribution in [1.82, 2.24) is 0 Å². The van der Waals surface area contributed by atoms with E-state index in [2.05, 4.69) is 66.0 Å². The summed E-state index contributed by atoms with van der Waals surface area (Å²) in [6.07, 6.45) is 2.08. The molecule has 0 saturated carbocycles. The second-order valence-electron chi connectivity index (χ2n) is 5.80. The molecule has 1 N–H and O–H groups in total. The molecule has 3 rings (SSSR count). The Labute approximate surface area is 144 Å². The van der Waals surface area contributed by atoms with E-state index in [9.17, 15) is 0 Å². The Morgan fingerprint density at radius 3 is 1.96 bits per heavy atom. The molecule has 3 aromatic rings. The van der Waals surface area contributed by atoms with Crippen molar-refractivity contribution in [3.8, 4) is 5.75 Å². The lowest BCUT2D eigenvalue weighted by atomic mass is 10.1. The van der Waals surface area contributed by atoms with Gasteiger partial charge < -0.3 is 10.1 Å². The minimum absolute atomic E-state index is 0.742. The fourth-order valence-electron chi connectivity index (χ4n) is 2.58. The lowest BCUT2D eigenvalue weighted by Gasteiger charge is -2.09. The van der Waals surface area contributed by atoms with Crippen molar-refractivity contribution in [2.24, 2.45) is 0 Å². The van der Waals surface area contributed by atoms with Crippen LogP contribution in [0.4, 0.5) is 5.69 Å². The van der Waals surface area contributed by atoms with Gasteiger partial charge in [-0.2, -0.15) is 0 Å². The number of rotatable bonds is 8. The number of hydrogen-bond donors (Lipinski definition) is 1. The fourth-order valence-corrected chi connectivity index (χ4v) is 2.58. The number of anilines is 1. The van der Waals surface area contributed by atoms with Gasteiger partial charge in [0, 0.05) is 12.2 Å². The Hall–Kier alpha value is -2.74. The van der Waals surface area contributed by atoms with Gasteiger partial charge in [0.1, 0.15) is 5.75 Å². The molecular weight excluding hydrogens is 294 g/mol. The van der Waals surface area contributed by atoms with Gasteiger partial charge in [0.05, 0.1) is 6.61 Å². The smallest absolute Gasteiger partial charge is 0.119 e. The number of hydrogen-bond acceptors (Lipinski definition) is 2. The third kappa shape index (κ3) is 5.17. The topological polar surface area (TPSA) is 21.3 Å². The first-order valence-corrected chi connectivity index (χ1v) is 8.45. The number of ether oxygens (including phenoxy) is 1. The summed E-state index contributed by atoms with van der Waals surface area (Å²) in [5.41, 5.74) is 3.75. The summed E-state index contributed by atoms with van der Waals surface area (Å²) in [5, 5.41) is 3.42. The lowest BCUT2D eigenvalue weighted by Crippen LogP contribution is -2.01. The van der Waals surface area contributed by atoms with Crippen molar-refractivity contribution >= 4 is 5.69 Å². The molecule has 3 aromatic carbocycles. The molecule has 0 aliphatic rings. The van der Waals surface area contributed by atoms with Crippen molar-refractivity contribution in [1.29, 1.82) is 0 Å². The molecule has 0 bridgehead atoms. The highest BCUT2D eigenvalue weighted by Crippen LogP contribution is 2.17. The quantitative estimate of drug-likeness (QED) is 0.568. The minimum atomic E-state index is 0.742. The molecule has 122 valence electrons. The Morgan fingerprint density at radius 1 is 0.667 bits per heavy atom. The van der Waals surface area contributed by atoms with Gasteiger partial charge in [0.2, 0.25) is 0 Å². The summed E-state index contributed by atoms with van der Waals surface area (Å²) in [5.74, 6) is 0.924. The summed E-state index contributed by atoms with van der Waals surface area (Å²) in [7, 11) is 0. The molecule has 0 unspecified atom stereocenters. The second-order valence-corrected chi connectivity index (χ2v) is 5.80. The van der Waals surface area contributed by atoms with Crippen LogP contribution >= 0.6 is 0 Å². The molecule has 0 atom stereocenters. The largest absolute Gasteiger partial charge is 0.494 e. The molecule has 0 saturated heterocycles. The number of benzene rings is 3. The molecule has 0 radical (unpaired) electrons. The maximum atomic E-state index is 5.82. The predicted octanol–water partition coefficient (Wildman–Crippen LogP) is 5.31. The van der Waals surface area contributed by atoms with Crippen molar-refractivity contribution in [3.05, 3.63) is 96.1 Å². The van der Waals surface area contributed by atoms with Crippen LogP contribution in [0.25, 0.3) is 0 Å². The average Bonchev–Trinajstić information content (AvgIpc) is 2.66. The van der Waals surface area contributed by atoms with Crippen LogP contribution in [0.5, 0.6) is 5.75 Å². The van der Waals surface area contributed by atoms with Crippen LogP contribution in [0.3, 0.4) is 0 Å². The molecule has 0 aliphatic heterocycles. The highest BCUT2D eigenvalue weighted by molar-refractivity contribution is 5.46. The molecular formula is C22H23NO. The van der Waals surface area contributed by atoms with E-state index in [1.54, 1.807) is 0 Å². The summed E-state index contributed by atoms with van der Waals surface area (Å²) >= 11 is 0. The van der Waals surface area contributed by atoms with Gasteiger partial charge in [-0.05, 0) is 48.2 Å². The molecule has 0 spiro atoms. The SMILES string of the molecule is c1ccc(CCCOc2ccc(NCc3ccccc3)cc2)cc1. The van der Waals surface area contributed by atoms with Crippen LogP contribution in [0, 0.1) is 0 Å². The predicted molar refractivity (Wildman–Crippen MR) is 100 cm³/mol. The monoisotopic (exact) mass is 317 g/mol. The Bertz CT molecular complexity index is 708. The van der Waals surface area contributed by atoms with E-state index in [-0.39, 0.29) is 0 Å². The summed E-state index contributed by atoms with van der Waals surface area (Å²) in [6, 6.07) is 29.1. The second kappa shape index (κ2) is 8.78. The van der Waals surface area contributed by atoms with Gasteiger partial charge in [-0.25, -0.2) is 0 Å². The van der Waals surface area contributed by atoms with Gasteiger partial charge in [0.25, 0.3) is 0 Å². The zero-order chi connectivity index (χ0) is 16.5. The molecule has 0 amide bonds. The van der Waals surface area contributed by atoms with Crippen molar-refractivity contribution in [2.75, 3.05) is 11.9 Å². The molecule has 0 fully saturated rings. The van der Waals surface area contributed by atoms with Crippen LogP contribution in [0.1, 0.15) is 17.5 Å². The molecule has 0 aromatic heterocycles. The zero-order valence-corrected chi connectivity index (χ0v) is 13.8. The standard InChI is InChI=1S/C22H23NO/c1-3-8-19(9-4-1)12-7-17-24-22-15-13-21(14-16-22)23-18-20-10-5-2-6-11-20/h1-6,8-11,13-16,23H,7,12,17-18H2. The normalized spacial score (nSPS) is 10.3. The maximum absolute atomic E-state index is 5.82. The molecule has 0 aliphatic carbocycles. The fraction of sp³-hybridized carbons (Fsp3) is 0.182. The highest BCUT2D eigenvalue weighted by Gasteiger charge is 1.97. The Balaban J connectivity index is 1.40. The van der Waals surface area contributed by atoms with E-state index in [4.69, 9.17) is 4.74 Å². The molecule has 24 heavy (non-hydrogen) atoms. The van der Waals surface area contributed by atoms with E-state index in [0.29, 0.717) is 0 Å². The first-order valence-electron chi connectivity index (χ1n) is 8.45. The van der Waals surface area contributed by atoms with Crippen molar-refractivity contribution < 1.29 is 4.74 Å². The van der Waals surface area contributed by atoms with Crippen molar-refractivity contribution in [2.45, 2.75) is 19.4 Å². The van der Waals surface area contributed by atoms with E-state index in [1.807, 2.05) is 24.3 Å². The number of aryl methyl sites for hydroxylation is 1. The zero-order valence-electron chi connectivity index (χ0n) is 13.8. The third-order valence-corrected chi connectivity index (χ3v) is 3.92. The van der Waals surface area contributed by atoms with Crippen LogP contribution in [-0.2, 0) is 13.0 Å².